The van der Waals surface area contributed by atoms with Crippen LogP contribution in [0, 0.1) is 0 Å². The van der Waals surface area contributed by atoms with Gasteiger partial charge in [-0.1, -0.05) is 24.3 Å². The summed E-state index contributed by atoms with van der Waals surface area (Å²) >= 11 is 0. The number of fused-ring (bicyclic) bond motifs is 1. The van der Waals surface area contributed by atoms with Gasteiger partial charge in [0.15, 0.2) is 0 Å². The van der Waals surface area contributed by atoms with Crippen molar-refractivity contribution in [1.29, 1.82) is 0 Å². The van der Waals surface area contributed by atoms with E-state index in [4.69, 9.17) is 0 Å². The third kappa shape index (κ3) is 2.37. The first kappa shape index (κ1) is 12.9. The molecule has 1 saturated carbocycles. The Labute approximate surface area is 110 Å². The fourth-order valence-corrected chi connectivity index (χ4v) is 2.76. The predicted molar refractivity (Wildman–Crippen MR) is 66.9 cm³/mol. The number of rotatable bonds is 3. The van der Waals surface area contributed by atoms with E-state index in [0.29, 0.717) is 6.54 Å². The Morgan fingerprint density at radius 3 is 2.68 bits per heavy atom. The second-order valence-electron chi connectivity index (χ2n) is 5.42. The van der Waals surface area contributed by atoms with Crippen LogP contribution in [0.2, 0.25) is 0 Å². The first-order valence-corrected chi connectivity index (χ1v) is 6.65. The van der Waals surface area contributed by atoms with Gasteiger partial charge in [-0.3, -0.25) is 0 Å². The lowest BCUT2D eigenvalue weighted by molar-refractivity contribution is -0.166. The molecule has 19 heavy (non-hydrogen) atoms. The smallest absolute Gasteiger partial charge is 0.309 e. The lowest BCUT2D eigenvalue weighted by Crippen LogP contribution is -2.48. The van der Waals surface area contributed by atoms with Crippen molar-refractivity contribution in [3.05, 3.63) is 35.4 Å². The average Bonchev–Trinajstić information content (AvgIpc) is 3.17. The number of nitrogens with one attached hydrogen (secondary N) is 2. The highest BCUT2D eigenvalue weighted by Crippen LogP contribution is 2.49. The van der Waals surface area contributed by atoms with Gasteiger partial charge in [-0.05, 0) is 36.9 Å². The van der Waals surface area contributed by atoms with Crippen molar-refractivity contribution in [3.63, 3.8) is 0 Å². The molecule has 1 unspecified atom stereocenters. The van der Waals surface area contributed by atoms with Crippen molar-refractivity contribution in [2.24, 2.45) is 0 Å². The van der Waals surface area contributed by atoms with E-state index in [9.17, 15) is 13.2 Å². The van der Waals surface area contributed by atoms with Gasteiger partial charge in [-0.15, -0.1) is 0 Å². The van der Waals surface area contributed by atoms with E-state index >= 15 is 0 Å². The molecule has 1 fully saturated rings. The standard InChI is InChI=1S/C14H17F3N2/c15-14(16,17)13(6-7-13)19-9-12-11-4-2-1-3-10(11)5-8-18-12/h1-4,12,18-19H,5-9H2. The van der Waals surface area contributed by atoms with Crippen LogP contribution < -0.4 is 10.6 Å². The van der Waals surface area contributed by atoms with E-state index in [2.05, 4.69) is 16.7 Å². The van der Waals surface area contributed by atoms with Crippen LogP contribution in [0.25, 0.3) is 0 Å². The molecule has 0 radical (unpaired) electrons. The van der Waals surface area contributed by atoms with Gasteiger partial charge >= 0.3 is 6.18 Å². The van der Waals surface area contributed by atoms with Gasteiger partial charge < -0.3 is 10.6 Å². The lowest BCUT2D eigenvalue weighted by atomic mass is 9.94. The summed E-state index contributed by atoms with van der Waals surface area (Å²) < 4.78 is 38.6. The van der Waals surface area contributed by atoms with Crippen molar-refractivity contribution >= 4 is 0 Å². The third-order valence-electron chi connectivity index (χ3n) is 4.15. The van der Waals surface area contributed by atoms with E-state index in [1.165, 1.54) is 5.56 Å². The van der Waals surface area contributed by atoms with E-state index in [1.807, 2.05) is 18.2 Å². The lowest BCUT2D eigenvalue weighted by Gasteiger charge is -2.30. The topological polar surface area (TPSA) is 24.1 Å². The van der Waals surface area contributed by atoms with Crippen LogP contribution in [0.15, 0.2) is 24.3 Å². The van der Waals surface area contributed by atoms with Crippen LogP contribution in [-0.4, -0.2) is 24.8 Å². The van der Waals surface area contributed by atoms with Gasteiger partial charge in [0.2, 0.25) is 0 Å². The second kappa shape index (κ2) is 4.49. The summed E-state index contributed by atoms with van der Waals surface area (Å²) in [6, 6.07) is 7.95. The molecular weight excluding hydrogens is 253 g/mol. The molecule has 2 nitrogen and oxygen atoms in total. The highest BCUT2D eigenvalue weighted by Gasteiger charge is 2.63. The Morgan fingerprint density at radius 2 is 2.00 bits per heavy atom. The zero-order chi connectivity index (χ0) is 13.5. The summed E-state index contributed by atoms with van der Waals surface area (Å²) in [6.07, 6.45) is -2.80. The van der Waals surface area contributed by atoms with Crippen molar-refractivity contribution in [2.45, 2.75) is 37.0 Å². The molecule has 3 rings (SSSR count). The minimum Gasteiger partial charge on any atom is -0.309 e. The van der Waals surface area contributed by atoms with Gasteiger partial charge in [-0.2, -0.15) is 13.2 Å². The van der Waals surface area contributed by atoms with Crippen LogP contribution in [-0.2, 0) is 6.42 Å². The van der Waals surface area contributed by atoms with Crippen LogP contribution in [0.3, 0.4) is 0 Å². The molecule has 1 aliphatic heterocycles. The van der Waals surface area contributed by atoms with Gasteiger partial charge in [0.1, 0.15) is 5.54 Å². The molecule has 2 N–H and O–H groups in total. The summed E-state index contributed by atoms with van der Waals surface area (Å²) in [5.74, 6) is 0. The molecule has 104 valence electrons. The summed E-state index contributed by atoms with van der Waals surface area (Å²) in [4.78, 5) is 0. The molecular formula is C14H17F3N2. The van der Waals surface area contributed by atoms with Gasteiger partial charge in [0, 0.05) is 12.6 Å². The van der Waals surface area contributed by atoms with Crippen molar-refractivity contribution < 1.29 is 13.2 Å². The molecule has 5 heteroatoms. The van der Waals surface area contributed by atoms with Gasteiger partial charge in [0.25, 0.3) is 0 Å². The molecule has 0 spiro atoms. The van der Waals surface area contributed by atoms with Gasteiger partial charge in [0.05, 0.1) is 0 Å². The Morgan fingerprint density at radius 1 is 1.26 bits per heavy atom. The Bertz CT molecular complexity index is 466. The normalized spacial score (nSPS) is 24.9. The van der Waals surface area contributed by atoms with E-state index < -0.39 is 11.7 Å². The Kier molecular flexibility index (Phi) is 3.06. The van der Waals surface area contributed by atoms with Crippen molar-refractivity contribution in [1.82, 2.24) is 10.6 Å². The highest BCUT2D eigenvalue weighted by molar-refractivity contribution is 5.32. The quantitative estimate of drug-likeness (QED) is 0.882. The first-order chi connectivity index (χ1) is 9.02. The zero-order valence-electron chi connectivity index (χ0n) is 10.6. The maximum Gasteiger partial charge on any atom is 0.406 e. The summed E-state index contributed by atoms with van der Waals surface area (Å²) in [5, 5.41) is 6.03. The average molecular weight is 270 g/mol. The van der Waals surface area contributed by atoms with E-state index in [-0.39, 0.29) is 18.9 Å². The number of hydrogen-bond acceptors (Lipinski definition) is 2. The van der Waals surface area contributed by atoms with E-state index in [0.717, 1.165) is 18.5 Å². The number of alkyl halides is 3. The van der Waals surface area contributed by atoms with Crippen LogP contribution in [0.5, 0.6) is 0 Å². The summed E-state index contributed by atoms with van der Waals surface area (Å²) in [5.41, 5.74) is 0.741. The second-order valence-corrected chi connectivity index (χ2v) is 5.42. The Hall–Kier alpha value is -1.07. The monoisotopic (exact) mass is 270 g/mol. The largest absolute Gasteiger partial charge is 0.406 e. The molecule has 0 aromatic heterocycles. The Balaban J connectivity index is 1.69. The molecule has 1 atom stereocenters. The minimum atomic E-state index is -4.14. The molecule has 1 heterocycles. The summed E-state index contributed by atoms with van der Waals surface area (Å²) in [7, 11) is 0. The molecule has 1 aliphatic carbocycles. The third-order valence-corrected chi connectivity index (χ3v) is 4.15. The van der Waals surface area contributed by atoms with E-state index in [1.54, 1.807) is 0 Å². The van der Waals surface area contributed by atoms with Crippen molar-refractivity contribution in [3.8, 4) is 0 Å². The number of benzene rings is 1. The fourth-order valence-electron chi connectivity index (χ4n) is 2.76. The molecule has 0 saturated heterocycles. The molecule has 0 bridgehead atoms. The molecule has 2 aliphatic rings. The fraction of sp³-hybridized carbons (Fsp3) is 0.571. The summed E-state index contributed by atoms with van der Waals surface area (Å²) in [6.45, 7) is 1.15. The minimum absolute atomic E-state index is 0.0234. The molecule has 1 aromatic carbocycles. The zero-order valence-corrected chi connectivity index (χ0v) is 10.6. The highest BCUT2D eigenvalue weighted by atomic mass is 19.4. The number of halogens is 3. The number of hydrogen-bond donors (Lipinski definition) is 2. The van der Waals surface area contributed by atoms with Crippen molar-refractivity contribution in [2.75, 3.05) is 13.1 Å². The first-order valence-electron chi connectivity index (χ1n) is 6.65. The maximum absolute atomic E-state index is 12.9. The predicted octanol–water partition coefficient (Wildman–Crippen LogP) is 2.56. The maximum atomic E-state index is 12.9. The van der Waals surface area contributed by atoms with Crippen LogP contribution in [0.1, 0.15) is 30.0 Å². The van der Waals surface area contributed by atoms with Crippen LogP contribution in [0.4, 0.5) is 13.2 Å². The molecule has 0 amide bonds. The molecule has 1 aromatic rings. The van der Waals surface area contributed by atoms with Gasteiger partial charge in [-0.25, -0.2) is 0 Å². The SMILES string of the molecule is FC(F)(F)C1(NCC2NCCc3ccccc32)CC1. The van der Waals surface area contributed by atoms with Crippen LogP contribution >= 0.6 is 0 Å².